The van der Waals surface area contributed by atoms with Gasteiger partial charge >= 0.3 is 0 Å². The lowest BCUT2D eigenvalue weighted by molar-refractivity contribution is 0.0375. The van der Waals surface area contributed by atoms with Gasteiger partial charge in [-0.1, -0.05) is 19.3 Å². The molecule has 112 valence electrons. The molecule has 1 aliphatic carbocycles. The smallest absolute Gasteiger partial charge is 0.0281 e. The number of hydrogen-bond acceptors (Lipinski definition) is 3. The molecule has 2 nitrogen and oxygen atoms in total. The molecule has 1 unspecified atom stereocenters. The third-order valence-electron chi connectivity index (χ3n) is 5.24. The summed E-state index contributed by atoms with van der Waals surface area (Å²) in [6, 6.07) is 2.99. The Morgan fingerprint density at radius 2 is 2.10 bits per heavy atom. The molecule has 1 saturated heterocycles. The summed E-state index contributed by atoms with van der Waals surface area (Å²) in [4.78, 5) is 2.70. The van der Waals surface area contributed by atoms with Crippen LogP contribution in [0.25, 0.3) is 0 Å². The lowest BCUT2D eigenvalue weighted by Gasteiger charge is -2.48. The van der Waals surface area contributed by atoms with Crippen molar-refractivity contribution in [1.82, 2.24) is 10.2 Å². The van der Waals surface area contributed by atoms with Gasteiger partial charge in [-0.3, -0.25) is 4.90 Å². The molecular formula is C17H28N2S. The third kappa shape index (κ3) is 3.26. The average Bonchev–Trinajstić information content (AvgIpc) is 2.95. The van der Waals surface area contributed by atoms with Crippen LogP contribution in [0.3, 0.4) is 0 Å². The minimum atomic E-state index is 0.271. The van der Waals surface area contributed by atoms with Crippen LogP contribution in [0.15, 0.2) is 16.8 Å². The van der Waals surface area contributed by atoms with E-state index in [4.69, 9.17) is 0 Å². The first-order chi connectivity index (χ1) is 9.65. The van der Waals surface area contributed by atoms with Crippen LogP contribution >= 0.6 is 11.3 Å². The highest BCUT2D eigenvalue weighted by atomic mass is 32.1. The molecule has 1 aliphatic heterocycles. The van der Waals surface area contributed by atoms with Gasteiger partial charge in [0.2, 0.25) is 0 Å². The van der Waals surface area contributed by atoms with E-state index >= 15 is 0 Å². The molecule has 1 atom stereocenters. The Kier molecular flexibility index (Phi) is 4.49. The van der Waals surface area contributed by atoms with Gasteiger partial charge in [0.15, 0.2) is 0 Å². The predicted octanol–water partition coefficient (Wildman–Crippen LogP) is 3.88. The van der Waals surface area contributed by atoms with E-state index in [-0.39, 0.29) is 5.54 Å². The van der Waals surface area contributed by atoms with Gasteiger partial charge < -0.3 is 5.32 Å². The number of nitrogens with one attached hydrogen (secondary N) is 1. The van der Waals surface area contributed by atoms with E-state index in [0.29, 0.717) is 6.04 Å². The molecule has 0 radical (unpaired) electrons. The van der Waals surface area contributed by atoms with E-state index in [1.165, 1.54) is 44.2 Å². The monoisotopic (exact) mass is 292 g/mol. The van der Waals surface area contributed by atoms with Crippen LogP contribution < -0.4 is 5.32 Å². The summed E-state index contributed by atoms with van der Waals surface area (Å²) in [5.74, 6) is 0.907. The predicted molar refractivity (Wildman–Crippen MR) is 87.2 cm³/mol. The van der Waals surface area contributed by atoms with E-state index in [9.17, 15) is 0 Å². The zero-order chi connectivity index (χ0) is 14.0. The van der Waals surface area contributed by atoms with Crippen molar-refractivity contribution in [2.75, 3.05) is 13.1 Å². The topological polar surface area (TPSA) is 15.3 Å². The Labute approximate surface area is 127 Å². The molecule has 0 bridgehead atoms. The van der Waals surface area contributed by atoms with E-state index in [1.54, 1.807) is 0 Å². The van der Waals surface area contributed by atoms with Crippen molar-refractivity contribution < 1.29 is 0 Å². The lowest BCUT2D eigenvalue weighted by atomic mass is 9.81. The summed E-state index contributed by atoms with van der Waals surface area (Å²) in [5.41, 5.74) is 1.75. The number of thiophene rings is 1. The van der Waals surface area contributed by atoms with Gasteiger partial charge in [0.05, 0.1) is 0 Å². The van der Waals surface area contributed by atoms with E-state index in [0.717, 1.165) is 19.0 Å². The van der Waals surface area contributed by atoms with Gasteiger partial charge in [-0.05, 0) is 55.0 Å². The van der Waals surface area contributed by atoms with Crippen LogP contribution in [0, 0.1) is 5.92 Å². The Balaban J connectivity index is 1.66. The molecule has 0 amide bonds. The van der Waals surface area contributed by atoms with Gasteiger partial charge in [-0.25, -0.2) is 0 Å². The molecule has 0 aromatic carbocycles. The lowest BCUT2D eigenvalue weighted by Crippen LogP contribution is -2.63. The summed E-state index contributed by atoms with van der Waals surface area (Å²) in [5, 5.41) is 8.35. The van der Waals surface area contributed by atoms with Crippen molar-refractivity contribution in [3.05, 3.63) is 22.4 Å². The fourth-order valence-corrected chi connectivity index (χ4v) is 4.44. The maximum atomic E-state index is 3.85. The molecule has 1 N–H and O–H groups in total. The van der Waals surface area contributed by atoms with Gasteiger partial charge in [-0.15, -0.1) is 0 Å². The van der Waals surface area contributed by atoms with Gasteiger partial charge in [0.1, 0.15) is 0 Å². The number of hydrogen-bond donors (Lipinski definition) is 1. The van der Waals surface area contributed by atoms with Crippen LogP contribution in [0.2, 0.25) is 0 Å². The number of piperazine rings is 1. The highest BCUT2D eigenvalue weighted by molar-refractivity contribution is 7.07. The van der Waals surface area contributed by atoms with Crippen LogP contribution in [-0.4, -0.2) is 29.6 Å². The average molecular weight is 292 g/mol. The third-order valence-corrected chi connectivity index (χ3v) is 5.97. The van der Waals surface area contributed by atoms with Crippen molar-refractivity contribution in [2.45, 2.75) is 64.1 Å². The molecule has 1 saturated carbocycles. The van der Waals surface area contributed by atoms with Crippen LogP contribution in [-0.2, 0) is 6.54 Å². The molecular weight excluding hydrogens is 264 g/mol. The fourth-order valence-electron chi connectivity index (χ4n) is 3.78. The molecule has 2 fully saturated rings. The second kappa shape index (κ2) is 6.17. The molecule has 2 heterocycles. The van der Waals surface area contributed by atoms with E-state index in [2.05, 4.69) is 40.9 Å². The SMILES string of the molecule is CC1(C)CNC(C2CCCCC2)CN1Cc1ccsc1. The van der Waals surface area contributed by atoms with Crippen molar-refractivity contribution >= 4 is 11.3 Å². The van der Waals surface area contributed by atoms with Gasteiger partial charge in [0, 0.05) is 31.2 Å². The van der Waals surface area contributed by atoms with Crippen molar-refractivity contribution in [3.8, 4) is 0 Å². The molecule has 3 rings (SSSR count). The Hall–Kier alpha value is -0.380. The van der Waals surface area contributed by atoms with Gasteiger partial charge in [0.25, 0.3) is 0 Å². The summed E-state index contributed by atoms with van der Waals surface area (Å²) in [7, 11) is 0. The quantitative estimate of drug-likeness (QED) is 0.909. The minimum absolute atomic E-state index is 0.271. The van der Waals surface area contributed by atoms with Crippen LogP contribution in [0.5, 0.6) is 0 Å². The van der Waals surface area contributed by atoms with Gasteiger partial charge in [-0.2, -0.15) is 11.3 Å². The first-order valence-electron chi connectivity index (χ1n) is 8.15. The Morgan fingerprint density at radius 3 is 2.80 bits per heavy atom. The Morgan fingerprint density at radius 1 is 1.30 bits per heavy atom. The molecule has 1 aromatic heterocycles. The normalized spacial score (nSPS) is 28.6. The second-order valence-electron chi connectivity index (χ2n) is 7.21. The molecule has 3 heteroatoms. The summed E-state index contributed by atoms with van der Waals surface area (Å²) in [6.07, 6.45) is 7.20. The first-order valence-corrected chi connectivity index (χ1v) is 9.09. The fraction of sp³-hybridized carbons (Fsp3) is 0.765. The van der Waals surface area contributed by atoms with Crippen LogP contribution in [0.4, 0.5) is 0 Å². The first kappa shape index (κ1) is 14.6. The highest BCUT2D eigenvalue weighted by Gasteiger charge is 2.36. The van der Waals surface area contributed by atoms with Crippen molar-refractivity contribution in [1.29, 1.82) is 0 Å². The molecule has 0 spiro atoms. The molecule has 1 aromatic rings. The van der Waals surface area contributed by atoms with E-state index < -0.39 is 0 Å². The maximum Gasteiger partial charge on any atom is 0.0281 e. The van der Waals surface area contributed by atoms with Crippen LogP contribution in [0.1, 0.15) is 51.5 Å². The molecule has 20 heavy (non-hydrogen) atoms. The van der Waals surface area contributed by atoms with Crippen molar-refractivity contribution in [2.24, 2.45) is 5.92 Å². The number of nitrogens with zero attached hydrogens (tertiary/aromatic N) is 1. The minimum Gasteiger partial charge on any atom is -0.311 e. The van der Waals surface area contributed by atoms with E-state index in [1.807, 2.05) is 11.3 Å². The summed E-state index contributed by atoms with van der Waals surface area (Å²) >= 11 is 1.81. The standard InChI is InChI=1S/C17H28N2S/c1-17(2)13-18-16(15-6-4-3-5-7-15)11-19(17)10-14-8-9-20-12-14/h8-9,12,15-16,18H,3-7,10-11,13H2,1-2H3. The zero-order valence-corrected chi connectivity index (χ0v) is 13.7. The Bertz CT molecular complexity index is 407. The largest absolute Gasteiger partial charge is 0.311 e. The maximum absolute atomic E-state index is 3.85. The highest BCUT2D eigenvalue weighted by Crippen LogP contribution is 2.31. The summed E-state index contributed by atoms with van der Waals surface area (Å²) in [6.45, 7) is 8.21. The number of rotatable bonds is 3. The molecule has 2 aliphatic rings. The second-order valence-corrected chi connectivity index (χ2v) is 7.99. The van der Waals surface area contributed by atoms with Crippen molar-refractivity contribution in [3.63, 3.8) is 0 Å². The zero-order valence-electron chi connectivity index (χ0n) is 12.9. The summed E-state index contributed by atoms with van der Waals surface area (Å²) < 4.78 is 0.